The van der Waals surface area contributed by atoms with Gasteiger partial charge in [0.1, 0.15) is 11.5 Å². The summed E-state index contributed by atoms with van der Waals surface area (Å²) in [6.45, 7) is 0.490. The van der Waals surface area contributed by atoms with Crippen LogP contribution in [0, 0.1) is 0 Å². The van der Waals surface area contributed by atoms with Gasteiger partial charge in [-0.05, 0) is 11.6 Å². The summed E-state index contributed by atoms with van der Waals surface area (Å²) in [6, 6.07) is 15.2. The first-order chi connectivity index (χ1) is 10.2. The molecule has 0 saturated heterocycles. The van der Waals surface area contributed by atoms with Gasteiger partial charge in [-0.1, -0.05) is 36.4 Å². The van der Waals surface area contributed by atoms with Crippen LogP contribution in [0.4, 0.5) is 0 Å². The van der Waals surface area contributed by atoms with Gasteiger partial charge in [-0.3, -0.25) is 4.79 Å². The maximum atomic E-state index is 10.9. The third-order valence-corrected chi connectivity index (χ3v) is 3.11. The Labute approximate surface area is 123 Å². The summed E-state index contributed by atoms with van der Waals surface area (Å²) in [5.41, 5.74) is 1.83. The molecule has 2 aromatic carbocycles. The first-order valence-corrected chi connectivity index (χ1v) is 6.74. The fourth-order valence-corrected chi connectivity index (χ4v) is 2.03. The normalized spacial score (nSPS) is 10.1. The molecule has 0 aromatic heterocycles. The highest BCUT2D eigenvalue weighted by Crippen LogP contribution is 2.25. The van der Waals surface area contributed by atoms with Crippen LogP contribution in [0.3, 0.4) is 0 Å². The summed E-state index contributed by atoms with van der Waals surface area (Å²) >= 11 is 0. The standard InChI is InChI=1S/C17H18O4/c1-20-15-8-7-14(11-17(18)19)16(12-15)21-10-9-13-5-3-2-4-6-13/h2-8,12H,9-11H2,1H3,(H,18,19). The van der Waals surface area contributed by atoms with E-state index < -0.39 is 5.97 Å². The number of carbonyl (C=O) groups is 1. The van der Waals surface area contributed by atoms with Crippen LogP contribution in [-0.2, 0) is 17.6 Å². The fourth-order valence-electron chi connectivity index (χ4n) is 2.03. The van der Waals surface area contributed by atoms with E-state index in [0.29, 0.717) is 23.7 Å². The largest absolute Gasteiger partial charge is 0.497 e. The quantitative estimate of drug-likeness (QED) is 0.850. The van der Waals surface area contributed by atoms with Crippen molar-refractivity contribution in [3.8, 4) is 11.5 Å². The van der Waals surface area contributed by atoms with E-state index in [9.17, 15) is 4.79 Å². The molecular formula is C17H18O4. The van der Waals surface area contributed by atoms with Crippen molar-refractivity contribution in [1.29, 1.82) is 0 Å². The molecule has 4 nitrogen and oxygen atoms in total. The Morgan fingerprint density at radius 2 is 1.90 bits per heavy atom. The molecule has 2 rings (SSSR count). The molecule has 0 amide bonds. The molecule has 0 radical (unpaired) electrons. The molecule has 0 spiro atoms. The van der Waals surface area contributed by atoms with E-state index in [4.69, 9.17) is 14.6 Å². The number of rotatable bonds is 7. The SMILES string of the molecule is COc1ccc(CC(=O)O)c(OCCc2ccccc2)c1. The second-order valence-corrected chi connectivity index (χ2v) is 4.63. The molecule has 0 aliphatic rings. The Morgan fingerprint density at radius 3 is 2.57 bits per heavy atom. The zero-order valence-corrected chi connectivity index (χ0v) is 11.9. The minimum absolute atomic E-state index is 0.0648. The third-order valence-electron chi connectivity index (χ3n) is 3.11. The van der Waals surface area contributed by atoms with Crippen LogP contribution < -0.4 is 9.47 Å². The second-order valence-electron chi connectivity index (χ2n) is 4.63. The molecule has 0 bridgehead atoms. The summed E-state index contributed by atoms with van der Waals surface area (Å²) in [5.74, 6) is 0.333. The van der Waals surface area contributed by atoms with Gasteiger partial charge in [0.25, 0.3) is 0 Å². The van der Waals surface area contributed by atoms with E-state index >= 15 is 0 Å². The average molecular weight is 286 g/mol. The number of carboxylic acid groups (broad SMARTS) is 1. The van der Waals surface area contributed by atoms with Gasteiger partial charge in [0.2, 0.25) is 0 Å². The van der Waals surface area contributed by atoms with Gasteiger partial charge in [-0.25, -0.2) is 0 Å². The Balaban J connectivity index is 2.04. The molecule has 0 fully saturated rings. The molecule has 21 heavy (non-hydrogen) atoms. The molecular weight excluding hydrogens is 268 g/mol. The lowest BCUT2D eigenvalue weighted by molar-refractivity contribution is -0.136. The van der Waals surface area contributed by atoms with Crippen molar-refractivity contribution in [2.75, 3.05) is 13.7 Å². The molecule has 0 unspecified atom stereocenters. The highest BCUT2D eigenvalue weighted by molar-refractivity contribution is 5.71. The van der Waals surface area contributed by atoms with Crippen LogP contribution >= 0.6 is 0 Å². The summed E-state index contributed by atoms with van der Waals surface area (Å²) in [4.78, 5) is 10.9. The maximum absolute atomic E-state index is 10.9. The lowest BCUT2D eigenvalue weighted by atomic mass is 10.1. The summed E-state index contributed by atoms with van der Waals surface area (Å²) in [6.07, 6.45) is 0.704. The zero-order chi connectivity index (χ0) is 15.1. The van der Waals surface area contributed by atoms with Gasteiger partial charge in [0, 0.05) is 18.1 Å². The van der Waals surface area contributed by atoms with Crippen LogP contribution in [0.15, 0.2) is 48.5 Å². The summed E-state index contributed by atoms with van der Waals surface area (Å²) in [5, 5.41) is 8.93. The van der Waals surface area contributed by atoms with Crippen molar-refractivity contribution >= 4 is 5.97 Å². The molecule has 0 atom stereocenters. The van der Waals surface area contributed by atoms with E-state index in [0.717, 1.165) is 6.42 Å². The van der Waals surface area contributed by atoms with Crippen LogP contribution in [0.2, 0.25) is 0 Å². The molecule has 0 aliphatic heterocycles. The van der Waals surface area contributed by atoms with Crippen LogP contribution in [0.5, 0.6) is 11.5 Å². The lowest BCUT2D eigenvalue weighted by Gasteiger charge is -2.12. The van der Waals surface area contributed by atoms with E-state index in [-0.39, 0.29) is 6.42 Å². The van der Waals surface area contributed by atoms with Crippen molar-refractivity contribution in [2.24, 2.45) is 0 Å². The van der Waals surface area contributed by atoms with E-state index in [1.807, 2.05) is 30.3 Å². The number of hydrogen-bond acceptors (Lipinski definition) is 3. The van der Waals surface area contributed by atoms with E-state index in [1.165, 1.54) is 5.56 Å². The van der Waals surface area contributed by atoms with Gasteiger partial charge in [0.15, 0.2) is 0 Å². The van der Waals surface area contributed by atoms with Crippen molar-refractivity contribution in [3.05, 3.63) is 59.7 Å². The van der Waals surface area contributed by atoms with Crippen molar-refractivity contribution in [2.45, 2.75) is 12.8 Å². The number of ether oxygens (including phenoxy) is 2. The molecule has 0 heterocycles. The smallest absolute Gasteiger partial charge is 0.307 e. The molecule has 1 N–H and O–H groups in total. The third kappa shape index (κ3) is 4.53. The van der Waals surface area contributed by atoms with Crippen molar-refractivity contribution < 1.29 is 19.4 Å². The number of hydrogen-bond donors (Lipinski definition) is 1. The predicted molar refractivity (Wildman–Crippen MR) is 80.0 cm³/mol. The lowest BCUT2D eigenvalue weighted by Crippen LogP contribution is -2.07. The highest BCUT2D eigenvalue weighted by atomic mass is 16.5. The Kier molecular flexibility index (Phi) is 5.21. The minimum Gasteiger partial charge on any atom is -0.497 e. The zero-order valence-electron chi connectivity index (χ0n) is 11.9. The number of benzene rings is 2. The highest BCUT2D eigenvalue weighted by Gasteiger charge is 2.09. The molecule has 0 aliphatic carbocycles. The van der Waals surface area contributed by atoms with Gasteiger partial charge < -0.3 is 14.6 Å². The molecule has 110 valence electrons. The van der Waals surface area contributed by atoms with Gasteiger partial charge in [0.05, 0.1) is 20.1 Å². The van der Waals surface area contributed by atoms with E-state index in [1.54, 1.807) is 25.3 Å². The van der Waals surface area contributed by atoms with Gasteiger partial charge in [-0.2, -0.15) is 0 Å². The number of methoxy groups -OCH3 is 1. The van der Waals surface area contributed by atoms with Crippen LogP contribution in [-0.4, -0.2) is 24.8 Å². The number of aliphatic carboxylic acids is 1. The van der Waals surface area contributed by atoms with Crippen LogP contribution in [0.1, 0.15) is 11.1 Å². The summed E-state index contributed by atoms with van der Waals surface area (Å²) in [7, 11) is 1.57. The maximum Gasteiger partial charge on any atom is 0.307 e. The van der Waals surface area contributed by atoms with Crippen LogP contribution in [0.25, 0.3) is 0 Å². The monoisotopic (exact) mass is 286 g/mol. The average Bonchev–Trinajstić information content (AvgIpc) is 2.49. The van der Waals surface area contributed by atoms with Crippen molar-refractivity contribution in [3.63, 3.8) is 0 Å². The second kappa shape index (κ2) is 7.33. The first-order valence-electron chi connectivity index (χ1n) is 6.74. The van der Waals surface area contributed by atoms with Gasteiger partial charge >= 0.3 is 5.97 Å². The Bertz CT molecular complexity index is 593. The molecule has 0 saturated carbocycles. The summed E-state index contributed by atoms with van der Waals surface area (Å²) < 4.78 is 10.9. The Morgan fingerprint density at radius 1 is 1.14 bits per heavy atom. The fraction of sp³-hybridized carbons (Fsp3) is 0.235. The Hall–Kier alpha value is -2.49. The molecule has 2 aromatic rings. The molecule has 4 heteroatoms. The van der Waals surface area contributed by atoms with Gasteiger partial charge in [-0.15, -0.1) is 0 Å². The first kappa shape index (κ1) is 14.9. The van der Waals surface area contributed by atoms with Crippen molar-refractivity contribution in [1.82, 2.24) is 0 Å². The minimum atomic E-state index is -0.881. The predicted octanol–water partition coefficient (Wildman–Crippen LogP) is 2.94. The van der Waals surface area contributed by atoms with E-state index in [2.05, 4.69) is 0 Å². The topological polar surface area (TPSA) is 55.8 Å². The number of carboxylic acids is 1.